The summed E-state index contributed by atoms with van der Waals surface area (Å²) in [6, 6.07) is -0.345. The third-order valence-electron chi connectivity index (χ3n) is 5.05. The Morgan fingerprint density at radius 1 is 1.24 bits per heavy atom. The van der Waals surface area contributed by atoms with Crippen molar-refractivity contribution in [2.75, 3.05) is 12.4 Å². The van der Waals surface area contributed by atoms with E-state index in [1.165, 1.54) is 4.31 Å². The maximum absolute atomic E-state index is 12.7. The number of rotatable bonds is 5. The second kappa shape index (κ2) is 5.85. The zero-order valence-electron chi connectivity index (χ0n) is 12.1. The molecule has 3 fully saturated rings. The zero-order chi connectivity index (χ0) is 15.0. The molecule has 0 amide bonds. The van der Waals surface area contributed by atoms with Crippen LogP contribution in [0.1, 0.15) is 44.9 Å². The van der Waals surface area contributed by atoms with Gasteiger partial charge in [-0.2, -0.15) is 4.31 Å². The largest absolute Gasteiger partial charge is 0.481 e. The molecule has 3 rings (SSSR count). The van der Waals surface area contributed by atoms with Gasteiger partial charge in [-0.15, -0.1) is 0 Å². The molecule has 0 radical (unpaired) electrons. The van der Waals surface area contributed by atoms with Crippen molar-refractivity contribution in [3.05, 3.63) is 0 Å². The first kappa shape index (κ1) is 15.2. The lowest BCUT2D eigenvalue weighted by Crippen LogP contribution is -2.48. The van der Waals surface area contributed by atoms with Crippen LogP contribution < -0.4 is 0 Å². The number of ether oxygens (including phenoxy) is 1. The molecule has 2 bridgehead atoms. The number of aliphatic carboxylic acids is 1. The summed E-state index contributed by atoms with van der Waals surface area (Å²) < 4.78 is 32.5. The smallest absolute Gasteiger partial charge is 0.304 e. The Bertz CT molecular complexity index is 499. The van der Waals surface area contributed by atoms with Crippen LogP contribution in [-0.2, 0) is 19.6 Å². The normalized spacial score (nSPS) is 37.0. The molecule has 21 heavy (non-hydrogen) atoms. The summed E-state index contributed by atoms with van der Waals surface area (Å²) in [6.45, 7) is 0.630. The molecular formula is C14H23NO5S. The van der Waals surface area contributed by atoms with Gasteiger partial charge in [-0.25, -0.2) is 8.42 Å². The Hall–Kier alpha value is -0.660. The second-order valence-corrected chi connectivity index (χ2v) is 8.41. The number of nitrogens with zero attached hydrogens (tertiary/aromatic N) is 1. The molecule has 6 nitrogen and oxygen atoms in total. The van der Waals surface area contributed by atoms with Crippen molar-refractivity contribution in [1.29, 1.82) is 0 Å². The van der Waals surface area contributed by atoms with E-state index in [4.69, 9.17) is 9.84 Å². The summed E-state index contributed by atoms with van der Waals surface area (Å²) >= 11 is 0. The highest BCUT2D eigenvalue weighted by Crippen LogP contribution is 2.45. The highest BCUT2D eigenvalue weighted by molar-refractivity contribution is 7.89. The minimum absolute atomic E-state index is 0.00629. The lowest BCUT2D eigenvalue weighted by molar-refractivity contribution is -0.138. The van der Waals surface area contributed by atoms with Gasteiger partial charge >= 0.3 is 5.97 Å². The van der Waals surface area contributed by atoms with Crippen LogP contribution in [0.2, 0.25) is 0 Å². The Morgan fingerprint density at radius 2 is 2.05 bits per heavy atom. The van der Waals surface area contributed by atoms with E-state index in [0.717, 1.165) is 38.5 Å². The van der Waals surface area contributed by atoms with Crippen molar-refractivity contribution < 1.29 is 23.1 Å². The molecule has 2 aliphatic heterocycles. The topological polar surface area (TPSA) is 83.9 Å². The summed E-state index contributed by atoms with van der Waals surface area (Å²) in [5, 5.41) is 9.06. The van der Waals surface area contributed by atoms with Crippen molar-refractivity contribution in [1.82, 2.24) is 4.31 Å². The van der Waals surface area contributed by atoms with Crippen molar-refractivity contribution in [3.63, 3.8) is 0 Å². The van der Waals surface area contributed by atoms with E-state index in [9.17, 15) is 13.2 Å². The summed E-state index contributed by atoms with van der Waals surface area (Å²) in [7, 11) is -3.44. The number of hydrogen-bond acceptors (Lipinski definition) is 4. The molecular weight excluding hydrogens is 294 g/mol. The highest BCUT2D eigenvalue weighted by Gasteiger charge is 2.51. The Kier molecular flexibility index (Phi) is 4.25. The lowest BCUT2D eigenvalue weighted by atomic mass is 9.97. The molecule has 1 N–H and O–H groups in total. The first-order chi connectivity index (χ1) is 9.97. The molecule has 1 saturated carbocycles. The molecule has 7 heteroatoms. The molecule has 4 atom stereocenters. The number of carboxylic acid groups (broad SMARTS) is 1. The fraction of sp³-hybridized carbons (Fsp3) is 0.929. The predicted octanol–water partition coefficient (Wildman–Crippen LogP) is 1.21. The van der Waals surface area contributed by atoms with Crippen molar-refractivity contribution in [3.8, 4) is 0 Å². The quantitative estimate of drug-likeness (QED) is 0.824. The SMILES string of the molecule is O=C(O)C[C@@H]1[C@H]2CC[C@H](C2)N1S(=O)(=O)CC1CCCCO1. The van der Waals surface area contributed by atoms with Gasteiger partial charge in [0.1, 0.15) is 0 Å². The third-order valence-corrected chi connectivity index (χ3v) is 7.06. The Balaban J connectivity index is 1.74. The Morgan fingerprint density at radius 3 is 2.71 bits per heavy atom. The van der Waals surface area contributed by atoms with Gasteiger partial charge in [0.2, 0.25) is 10.0 Å². The van der Waals surface area contributed by atoms with Crippen LogP contribution in [-0.4, -0.2) is 54.3 Å². The lowest BCUT2D eigenvalue weighted by Gasteiger charge is -2.35. The van der Waals surface area contributed by atoms with Gasteiger partial charge in [0, 0.05) is 18.7 Å². The number of carbonyl (C=O) groups is 1. The van der Waals surface area contributed by atoms with Crippen LogP contribution in [0.4, 0.5) is 0 Å². The Labute approximate surface area is 125 Å². The maximum Gasteiger partial charge on any atom is 0.304 e. The molecule has 0 aromatic rings. The first-order valence-electron chi connectivity index (χ1n) is 7.82. The van der Waals surface area contributed by atoms with E-state index in [1.54, 1.807) is 0 Å². The second-order valence-electron chi connectivity index (χ2n) is 6.49. The van der Waals surface area contributed by atoms with E-state index in [1.807, 2.05) is 0 Å². The van der Waals surface area contributed by atoms with Gasteiger partial charge in [-0.05, 0) is 44.4 Å². The van der Waals surface area contributed by atoms with Crippen LogP contribution >= 0.6 is 0 Å². The molecule has 0 aromatic carbocycles. The van der Waals surface area contributed by atoms with E-state index >= 15 is 0 Å². The first-order valence-corrected chi connectivity index (χ1v) is 9.43. The summed E-state index contributed by atoms with van der Waals surface area (Å²) in [5.41, 5.74) is 0. The van der Waals surface area contributed by atoms with E-state index in [0.29, 0.717) is 6.61 Å². The average molecular weight is 317 g/mol. The number of sulfonamides is 1. The van der Waals surface area contributed by atoms with Gasteiger partial charge in [-0.3, -0.25) is 4.79 Å². The van der Waals surface area contributed by atoms with Crippen LogP contribution in [0, 0.1) is 5.92 Å². The van der Waals surface area contributed by atoms with Gasteiger partial charge in [0.15, 0.2) is 0 Å². The molecule has 1 unspecified atom stereocenters. The number of piperidine rings is 1. The zero-order valence-corrected chi connectivity index (χ0v) is 12.9. The summed E-state index contributed by atoms with van der Waals surface area (Å²) in [5.74, 6) is -0.693. The molecule has 2 heterocycles. The predicted molar refractivity (Wildman–Crippen MR) is 76.4 cm³/mol. The van der Waals surface area contributed by atoms with E-state index < -0.39 is 16.0 Å². The molecule has 0 aromatic heterocycles. The van der Waals surface area contributed by atoms with Gasteiger partial charge < -0.3 is 9.84 Å². The monoisotopic (exact) mass is 317 g/mol. The van der Waals surface area contributed by atoms with Crippen molar-refractivity contribution in [2.24, 2.45) is 5.92 Å². The van der Waals surface area contributed by atoms with E-state index in [2.05, 4.69) is 0 Å². The summed E-state index contributed by atoms with van der Waals surface area (Å²) in [6.07, 6.45) is 5.12. The number of hydrogen-bond donors (Lipinski definition) is 1. The maximum atomic E-state index is 12.7. The molecule has 120 valence electrons. The molecule has 1 aliphatic carbocycles. The number of fused-ring (bicyclic) bond motifs is 2. The van der Waals surface area contributed by atoms with E-state index in [-0.39, 0.29) is 36.3 Å². The van der Waals surface area contributed by atoms with Crippen LogP contribution in [0.5, 0.6) is 0 Å². The highest BCUT2D eigenvalue weighted by atomic mass is 32.2. The molecule has 3 aliphatic rings. The minimum Gasteiger partial charge on any atom is -0.481 e. The fourth-order valence-corrected chi connectivity index (χ4v) is 6.39. The fourth-order valence-electron chi connectivity index (χ4n) is 4.18. The third kappa shape index (κ3) is 3.10. The van der Waals surface area contributed by atoms with Gasteiger partial charge in [-0.1, -0.05) is 0 Å². The van der Waals surface area contributed by atoms with Crippen LogP contribution in [0.3, 0.4) is 0 Å². The van der Waals surface area contributed by atoms with Crippen LogP contribution in [0.25, 0.3) is 0 Å². The van der Waals surface area contributed by atoms with Crippen molar-refractivity contribution >= 4 is 16.0 Å². The minimum atomic E-state index is -3.44. The number of carboxylic acids is 1. The van der Waals surface area contributed by atoms with Gasteiger partial charge in [0.25, 0.3) is 0 Å². The molecule has 2 saturated heterocycles. The average Bonchev–Trinajstić information content (AvgIpc) is 2.99. The summed E-state index contributed by atoms with van der Waals surface area (Å²) in [4.78, 5) is 11.0. The standard InChI is InChI=1S/C14H23NO5S/c16-14(17)8-13-10-4-5-11(7-10)15(13)21(18,19)9-12-3-1-2-6-20-12/h10-13H,1-9H2,(H,16,17)/t10-,11+,12?,13+/m0/s1. The van der Waals surface area contributed by atoms with Crippen molar-refractivity contribution in [2.45, 2.75) is 63.1 Å². The molecule has 0 spiro atoms. The van der Waals surface area contributed by atoms with Crippen LogP contribution in [0.15, 0.2) is 0 Å². The van der Waals surface area contributed by atoms with Gasteiger partial charge in [0.05, 0.1) is 18.3 Å².